The van der Waals surface area contributed by atoms with Gasteiger partial charge in [0.25, 0.3) is 0 Å². The molecule has 1 aromatic rings. The first-order valence-electron chi connectivity index (χ1n) is 7.99. The number of carbonyl (C=O) groups is 1. The molecule has 142 valence electrons. The number of carbonyl (C=O) groups excluding carboxylic acids is 1. The SMILES string of the molecule is COC(=O)c1cc(Cl)ccc1S(=O)(=O)NC(CN)C1CCCCC1.Cl. The molecule has 1 aliphatic rings. The third-order valence-electron chi connectivity index (χ3n) is 4.42. The number of hydrogen-bond acceptors (Lipinski definition) is 5. The summed E-state index contributed by atoms with van der Waals surface area (Å²) in [5, 5.41) is 0.261. The van der Waals surface area contributed by atoms with Gasteiger partial charge in [-0.2, -0.15) is 0 Å². The van der Waals surface area contributed by atoms with Gasteiger partial charge in [0.05, 0.1) is 17.6 Å². The van der Waals surface area contributed by atoms with Crippen LogP contribution in [0.3, 0.4) is 0 Å². The van der Waals surface area contributed by atoms with Gasteiger partial charge >= 0.3 is 5.97 Å². The van der Waals surface area contributed by atoms with Crippen molar-refractivity contribution >= 4 is 40.0 Å². The van der Waals surface area contributed by atoms with Crippen molar-refractivity contribution in [2.75, 3.05) is 13.7 Å². The predicted octanol–water partition coefficient (Wildman–Crippen LogP) is 2.73. The number of halogens is 2. The molecule has 0 saturated heterocycles. The third kappa shape index (κ3) is 5.56. The average molecular weight is 411 g/mol. The topological polar surface area (TPSA) is 98.5 Å². The summed E-state index contributed by atoms with van der Waals surface area (Å²) in [6.07, 6.45) is 5.24. The minimum atomic E-state index is -3.91. The van der Waals surface area contributed by atoms with E-state index in [9.17, 15) is 13.2 Å². The summed E-state index contributed by atoms with van der Waals surface area (Å²) in [5.74, 6) is -0.535. The standard InChI is InChI=1S/C16H23ClN2O4S.ClH/c1-23-16(20)13-9-12(17)7-8-15(13)24(21,22)19-14(10-18)11-5-3-2-4-6-11;/h7-9,11,14,19H,2-6,10,18H2,1H3;1H. The second-order valence-corrected chi connectivity index (χ2v) is 8.11. The van der Waals surface area contributed by atoms with Crippen LogP contribution in [0.2, 0.25) is 5.02 Å². The monoisotopic (exact) mass is 410 g/mol. The number of sulfonamides is 1. The summed E-state index contributed by atoms with van der Waals surface area (Å²) < 4.78 is 32.9. The quantitative estimate of drug-likeness (QED) is 0.702. The molecule has 1 unspecified atom stereocenters. The number of nitrogens with two attached hydrogens (primary N) is 1. The van der Waals surface area contributed by atoms with Gasteiger partial charge in [-0.1, -0.05) is 30.9 Å². The summed E-state index contributed by atoms with van der Waals surface area (Å²) in [5.41, 5.74) is 5.71. The molecule has 0 radical (unpaired) electrons. The lowest BCUT2D eigenvalue weighted by Gasteiger charge is -2.30. The van der Waals surface area contributed by atoms with E-state index in [4.69, 9.17) is 17.3 Å². The fraction of sp³-hybridized carbons (Fsp3) is 0.562. The lowest BCUT2D eigenvalue weighted by molar-refractivity contribution is 0.0596. The maximum absolute atomic E-state index is 12.8. The molecule has 1 fully saturated rings. The Morgan fingerprint density at radius 3 is 2.56 bits per heavy atom. The van der Waals surface area contributed by atoms with Gasteiger partial charge in [0.2, 0.25) is 10.0 Å². The van der Waals surface area contributed by atoms with E-state index >= 15 is 0 Å². The highest BCUT2D eigenvalue weighted by Crippen LogP contribution is 2.28. The third-order valence-corrected chi connectivity index (χ3v) is 6.20. The summed E-state index contributed by atoms with van der Waals surface area (Å²) in [7, 11) is -2.72. The van der Waals surface area contributed by atoms with E-state index in [0.717, 1.165) is 25.7 Å². The number of ether oxygens (including phenoxy) is 1. The van der Waals surface area contributed by atoms with Crippen LogP contribution in [0.15, 0.2) is 23.1 Å². The average Bonchev–Trinajstić information content (AvgIpc) is 2.59. The minimum Gasteiger partial charge on any atom is -0.465 e. The zero-order valence-electron chi connectivity index (χ0n) is 14.0. The van der Waals surface area contributed by atoms with E-state index in [1.54, 1.807) is 0 Å². The van der Waals surface area contributed by atoms with Crippen molar-refractivity contribution < 1.29 is 17.9 Å². The second-order valence-electron chi connectivity index (χ2n) is 5.99. The van der Waals surface area contributed by atoms with E-state index in [0.29, 0.717) is 0 Å². The summed E-state index contributed by atoms with van der Waals surface area (Å²) in [6.45, 7) is 0.213. The first-order chi connectivity index (χ1) is 11.4. The van der Waals surface area contributed by atoms with E-state index in [2.05, 4.69) is 9.46 Å². The molecule has 2 rings (SSSR count). The largest absolute Gasteiger partial charge is 0.465 e. The van der Waals surface area contributed by atoms with Crippen LogP contribution < -0.4 is 10.5 Å². The highest BCUT2D eigenvalue weighted by molar-refractivity contribution is 7.89. The number of esters is 1. The van der Waals surface area contributed by atoms with Gasteiger partial charge in [-0.3, -0.25) is 0 Å². The van der Waals surface area contributed by atoms with Crippen molar-refractivity contribution in [1.82, 2.24) is 4.72 Å². The van der Waals surface area contributed by atoms with Crippen LogP contribution in [0.5, 0.6) is 0 Å². The molecule has 1 aromatic carbocycles. The lowest BCUT2D eigenvalue weighted by atomic mass is 9.84. The molecule has 6 nitrogen and oxygen atoms in total. The van der Waals surface area contributed by atoms with Crippen molar-refractivity contribution in [3.8, 4) is 0 Å². The molecule has 9 heteroatoms. The van der Waals surface area contributed by atoms with Crippen molar-refractivity contribution in [2.45, 2.75) is 43.0 Å². The Kier molecular flexibility index (Phi) is 8.63. The van der Waals surface area contributed by atoms with Gasteiger partial charge in [0.1, 0.15) is 0 Å². The van der Waals surface area contributed by atoms with Crippen LogP contribution in [0, 0.1) is 5.92 Å². The van der Waals surface area contributed by atoms with Gasteiger partial charge in [-0.15, -0.1) is 12.4 Å². The van der Waals surface area contributed by atoms with E-state index in [1.807, 2.05) is 0 Å². The fourth-order valence-electron chi connectivity index (χ4n) is 3.14. The van der Waals surface area contributed by atoms with Gasteiger partial charge in [-0.25, -0.2) is 17.9 Å². The summed E-state index contributed by atoms with van der Waals surface area (Å²) >= 11 is 5.88. The maximum Gasteiger partial charge on any atom is 0.339 e. The van der Waals surface area contributed by atoms with E-state index in [-0.39, 0.29) is 46.4 Å². The highest BCUT2D eigenvalue weighted by atomic mass is 35.5. The van der Waals surface area contributed by atoms with Gasteiger partial charge < -0.3 is 10.5 Å². The molecule has 0 heterocycles. The molecule has 3 N–H and O–H groups in total. The van der Waals surface area contributed by atoms with Crippen LogP contribution in [0.1, 0.15) is 42.5 Å². The Morgan fingerprint density at radius 2 is 2.00 bits per heavy atom. The molecule has 25 heavy (non-hydrogen) atoms. The molecule has 1 saturated carbocycles. The van der Waals surface area contributed by atoms with E-state index < -0.39 is 16.0 Å². The smallest absolute Gasteiger partial charge is 0.339 e. The molecule has 0 aliphatic heterocycles. The maximum atomic E-state index is 12.8. The Hall–Kier alpha value is -0.860. The molecule has 0 aromatic heterocycles. The molecular formula is C16H24Cl2N2O4S. The van der Waals surface area contributed by atoms with Gasteiger partial charge in [-0.05, 0) is 37.0 Å². The zero-order chi connectivity index (χ0) is 17.7. The van der Waals surface area contributed by atoms with Gasteiger partial charge in [0, 0.05) is 17.6 Å². The van der Waals surface area contributed by atoms with Crippen molar-refractivity contribution in [2.24, 2.45) is 11.7 Å². The number of rotatable bonds is 6. The molecule has 0 spiro atoms. The number of benzene rings is 1. The second kappa shape index (κ2) is 9.73. The number of methoxy groups -OCH3 is 1. The zero-order valence-corrected chi connectivity index (χ0v) is 16.4. The molecule has 0 amide bonds. The van der Waals surface area contributed by atoms with Crippen LogP contribution >= 0.6 is 24.0 Å². The molecule has 1 atom stereocenters. The normalized spacial score (nSPS) is 16.8. The van der Waals surface area contributed by atoms with Gasteiger partial charge in [0.15, 0.2) is 0 Å². The first-order valence-corrected chi connectivity index (χ1v) is 9.85. The Morgan fingerprint density at radius 1 is 1.36 bits per heavy atom. The fourth-order valence-corrected chi connectivity index (χ4v) is 4.81. The minimum absolute atomic E-state index is 0. The molecular weight excluding hydrogens is 387 g/mol. The van der Waals surface area contributed by atoms with Crippen LogP contribution in [-0.4, -0.2) is 34.1 Å². The lowest BCUT2D eigenvalue weighted by Crippen LogP contribution is -2.46. The van der Waals surface area contributed by atoms with Crippen molar-refractivity contribution in [3.05, 3.63) is 28.8 Å². The summed E-state index contributed by atoms with van der Waals surface area (Å²) in [4.78, 5) is 11.7. The first kappa shape index (κ1) is 22.2. The highest BCUT2D eigenvalue weighted by Gasteiger charge is 2.30. The predicted molar refractivity (Wildman–Crippen MR) is 99.8 cm³/mol. The molecule has 0 bridgehead atoms. The van der Waals surface area contributed by atoms with Crippen LogP contribution in [-0.2, 0) is 14.8 Å². The van der Waals surface area contributed by atoms with Crippen molar-refractivity contribution in [1.29, 1.82) is 0 Å². The summed E-state index contributed by atoms with van der Waals surface area (Å²) in [6, 6.07) is 3.68. The van der Waals surface area contributed by atoms with Crippen molar-refractivity contribution in [3.63, 3.8) is 0 Å². The Balaban J connectivity index is 0.00000312. The van der Waals surface area contributed by atoms with Crippen LogP contribution in [0.4, 0.5) is 0 Å². The number of hydrogen-bond donors (Lipinski definition) is 2. The Bertz CT molecular complexity index is 691. The van der Waals surface area contributed by atoms with Crippen LogP contribution in [0.25, 0.3) is 0 Å². The Labute approximate surface area is 159 Å². The molecule has 1 aliphatic carbocycles. The number of nitrogens with one attached hydrogen (secondary N) is 1. The van der Waals surface area contributed by atoms with E-state index in [1.165, 1.54) is 31.7 Å².